The van der Waals surface area contributed by atoms with Crippen LogP contribution in [0.1, 0.15) is 6.42 Å². The summed E-state index contributed by atoms with van der Waals surface area (Å²) in [5.41, 5.74) is 0.787. The van der Waals surface area contributed by atoms with Crippen molar-refractivity contribution in [1.29, 1.82) is 0 Å². The first-order valence-electron chi connectivity index (χ1n) is 4.65. The molecule has 70 valence electrons. The highest BCUT2D eigenvalue weighted by molar-refractivity contribution is 6.01. The van der Waals surface area contributed by atoms with Gasteiger partial charge in [0.2, 0.25) is 0 Å². The molecule has 3 atom stereocenters. The molecule has 0 spiro atoms. The number of rotatable bonds is 2. The topological polar surface area (TPSA) is 24.8 Å². The Morgan fingerprint density at radius 3 is 2.92 bits per heavy atom. The molecule has 3 unspecified atom stereocenters. The molecule has 2 aliphatic heterocycles. The van der Waals surface area contributed by atoms with Gasteiger partial charge in [-0.3, -0.25) is 0 Å². The van der Waals surface area contributed by atoms with Gasteiger partial charge in [0.1, 0.15) is 12.8 Å². The van der Waals surface area contributed by atoms with E-state index in [1.807, 2.05) is 0 Å². The molecule has 0 N–H and O–H groups in total. The lowest BCUT2D eigenvalue weighted by molar-refractivity contribution is 0.209. The van der Waals surface area contributed by atoms with E-state index in [-0.39, 0.29) is 0 Å². The van der Waals surface area contributed by atoms with Crippen LogP contribution in [0.5, 0.6) is 0 Å². The van der Waals surface area contributed by atoms with Crippen molar-refractivity contribution < 1.29 is 4.84 Å². The normalized spacial score (nSPS) is 37.5. The number of hydrogen-bond donors (Lipinski definition) is 0. The molecule has 0 aromatic rings. The summed E-state index contributed by atoms with van der Waals surface area (Å²) in [5.74, 6) is 3.78. The zero-order valence-corrected chi connectivity index (χ0v) is 7.86. The molecule has 0 aliphatic carbocycles. The third kappa shape index (κ3) is 1.42. The van der Waals surface area contributed by atoms with Crippen LogP contribution in [0.4, 0.5) is 0 Å². The van der Waals surface area contributed by atoms with Crippen molar-refractivity contribution in [3.8, 4) is 12.3 Å². The third-order valence-corrected chi connectivity index (χ3v) is 3.02. The summed E-state index contributed by atoms with van der Waals surface area (Å²) in [5, 5.41) is 3.90. The highest BCUT2D eigenvalue weighted by atomic mass is 16.6. The second-order valence-corrected chi connectivity index (χ2v) is 3.72. The van der Waals surface area contributed by atoms with Crippen LogP contribution in [-0.2, 0) is 4.84 Å². The predicted molar refractivity (Wildman–Crippen MR) is 51.3 cm³/mol. The van der Waals surface area contributed by atoms with Crippen molar-refractivity contribution in [1.82, 2.24) is 4.90 Å². The number of oxime groups is 1. The number of piperidine rings is 1. The second kappa shape index (κ2) is 3.39. The van der Waals surface area contributed by atoms with Gasteiger partial charge in [0.25, 0.3) is 0 Å². The molecule has 3 nitrogen and oxygen atoms in total. The van der Waals surface area contributed by atoms with Crippen molar-refractivity contribution >= 4 is 5.71 Å². The van der Waals surface area contributed by atoms with Crippen LogP contribution in [0.3, 0.4) is 0 Å². The van der Waals surface area contributed by atoms with Gasteiger partial charge in [-0.2, -0.15) is 0 Å². The molecule has 2 aliphatic rings. The van der Waals surface area contributed by atoms with E-state index in [4.69, 9.17) is 11.3 Å². The fourth-order valence-corrected chi connectivity index (χ4v) is 2.39. The Hall–Kier alpha value is -1.01. The number of terminal acetylenes is 1. The molecule has 0 radical (unpaired) electrons. The minimum atomic E-state index is 0.443. The zero-order chi connectivity index (χ0) is 9.26. The average Bonchev–Trinajstić information content (AvgIpc) is 2.74. The van der Waals surface area contributed by atoms with Gasteiger partial charge in [-0.15, -0.1) is 6.42 Å². The molecule has 2 bridgehead atoms. The summed E-state index contributed by atoms with van der Waals surface area (Å²) in [7, 11) is 1.55. The van der Waals surface area contributed by atoms with Crippen molar-refractivity contribution in [2.45, 2.75) is 6.42 Å². The summed E-state index contributed by atoms with van der Waals surface area (Å²) >= 11 is 0. The lowest BCUT2D eigenvalue weighted by Crippen LogP contribution is -2.28. The summed E-state index contributed by atoms with van der Waals surface area (Å²) in [6, 6.07) is 0. The van der Waals surface area contributed by atoms with Crippen LogP contribution in [0, 0.1) is 24.2 Å². The molecular weight excluding hydrogens is 164 g/mol. The predicted octanol–water partition coefficient (Wildman–Crippen LogP) is 0.574. The maximum Gasteiger partial charge on any atom is 0.134 e. The van der Waals surface area contributed by atoms with Gasteiger partial charge in [-0.25, -0.2) is 0 Å². The fraction of sp³-hybridized carbons (Fsp3) is 0.700. The highest BCUT2D eigenvalue weighted by Gasteiger charge is 2.40. The Labute approximate surface area is 78.7 Å². The van der Waals surface area contributed by atoms with E-state index >= 15 is 0 Å². The Kier molecular flexibility index (Phi) is 2.24. The Bertz CT molecular complexity index is 267. The smallest absolute Gasteiger partial charge is 0.134 e. The molecule has 2 fully saturated rings. The molecule has 2 saturated heterocycles. The maximum absolute atomic E-state index is 5.39. The molecule has 3 heteroatoms. The van der Waals surface area contributed by atoms with Crippen molar-refractivity contribution in [3.63, 3.8) is 0 Å². The van der Waals surface area contributed by atoms with E-state index in [1.54, 1.807) is 7.11 Å². The van der Waals surface area contributed by atoms with Crippen LogP contribution in [0.2, 0.25) is 0 Å². The molecular formula is C10H14N2O. The molecule has 13 heavy (non-hydrogen) atoms. The number of nitrogens with zero attached hydrogens (tertiary/aromatic N) is 2. The first-order valence-corrected chi connectivity index (χ1v) is 4.65. The molecule has 0 saturated carbocycles. The van der Waals surface area contributed by atoms with Crippen LogP contribution in [-0.4, -0.2) is 37.4 Å². The maximum atomic E-state index is 5.39. The Morgan fingerprint density at radius 2 is 2.46 bits per heavy atom. The first kappa shape index (κ1) is 8.58. The van der Waals surface area contributed by atoms with E-state index in [0.717, 1.165) is 12.3 Å². The standard InChI is InChI=1S/C10H14N2O/c1-3-10(11-13-2)9-7-12-5-4-8(9)6-12/h1,8-9H,4-7H2,2H3. The fourth-order valence-electron chi connectivity index (χ4n) is 2.39. The van der Waals surface area contributed by atoms with Crippen LogP contribution in [0.15, 0.2) is 5.16 Å². The van der Waals surface area contributed by atoms with E-state index < -0.39 is 0 Å². The van der Waals surface area contributed by atoms with Gasteiger partial charge >= 0.3 is 0 Å². The second-order valence-electron chi connectivity index (χ2n) is 3.72. The van der Waals surface area contributed by atoms with E-state index in [2.05, 4.69) is 16.0 Å². The summed E-state index contributed by atoms with van der Waals surface area (Å²) < 4.78 is 0. The molecule has 0 amide bonds. The van der Waals surface area contributed by atoms with Crippen molar-refractivity contribution in [2.24, 2.45) is 17.0 Å². The van der Waals surface area contributed by atoms with Gasteiger partial charge in [0.05, 0.1) is 0 Å². The summed E-state index contributed by atoms with van der Waals surface area (Å²) in [6.07, 6.45) is 6.65. The Balaban J connectivity index is 2.09. The molecule has 2 rings (SSSR count). The lowest BCUT2D eigenvalue weighted by atomic mass is 9.89. The molecule has 0 aromatic heterocycles. The van der Waals surface area contributed by atoms with Crippen LogP contribution >= 0.6 is 0 Å². The van der Waals surface area contributed by atoms with Gasteiger partial charge in [0, 0.05) is 19.0 Å². The van der Waals surface area contributed by atoms with Crippen LogP contribution < -0.4 is 0 Å². The molecule has 2 heterocycles. The third-order valence-electron chi connectivity index (χ3n) is 3.02. The van der Waals surface area contributed by atoms with E-state index in [0.29, 0.717) is 11.8 Å². The summed E-state index contributed by atoms with van der Waals surface area (Å²) in [4.78, 5) is 7.18. The Morgan fingerprint density at radius 1 is 1.62 bits per heavy atom. The van der Waals surface area contributed by atoms with Crippen LogP contribution in [0.25, 0.3) is 0 Å². The quantitative estimate of drug-likeness (QED) is 0.351. The largest absolute Gasteiger partial charge is 0.398 e. The van der Waals surface area contributed by atoms with Crippen molar-refractivity contribution in [2.75, 3.05) is 26.7 Å². The van der Waals surface area contributed by atoms with E-state index in [9.17, 15) is 0 Å². The van der Waals surface area contributed by atoms with Gasteiger partial charge in [-0.05, 0) is 18.9 Å². The first-order chi connectivity index (χ1) is 6.35. The molecule has 0 aromatic carbocycles. The number of fused-ring (bicyclic) bond motifs is 2. The highest BCUT2D eigenvalue weighted by Crippen LogP contribution is 2.33. The minimum Gasteiger partial charge on any atom is -0.398 e. The average molecular weight is 178 g/mol. The SMILES string of the molecule is C#CC(=NOC)C1CN2CCC1C2. The van der Waals surface area contributed by atoms with Gasteiger partial charge < -0.3 is 9.74 Å². The van der Waals surface area contributed by atoms with Gasteiger partial charge in [0.15, 0.2) is 0 Å². The monoisotopic (exact) mass is 178 g/mol. The van der Waals surface area contributed by atoms with Crippen molar-refractivity contribution in [3.05, 3.63) is 0 Å². The zero-order valence-electron chi connectivity index (χ0n) is 7.86. The minimum absolute atomic E-state index is 0.443. The summed E-state index contributed by atoms with van der Waals surface area (Å²) in [6.45, 7) is 3.48. The van der Waals surface area contributed by atoms with Gasteiger partial charge in [-0.1, -0.05) is 11.1 Å². The lowest BCUT2D eigenvalue weighted by Gasteiger charge is -2.20. The van der Waals surface area contributed by atoms with E-state index in [1.165, 1.54) is 19.5 Å². The number of hydrogen-bond acceptors (Lipinski definition) is 3.